The fraction of sp³-hybridized carbons (Fsp3) is 0.385. The molecule has 6 nitrogen and oxygen atoms in total. The average molecular weight is 299 g/mol. The minimum absolute atomic E-state index is 0.00860. The van der Waals surface area contributed by atoms with Crippen molar-refractivity contribution in [2.45, 2.75) is 32.9 Å². The Balaban J connectivity index is 2.81. The molecule has 1 atom stereocenters. The zero-order valence-corrected chi connectivity index (χ0v) is 12.4. The zero-order valence-electron chi connectivity index (χ0n) is 11.7. The summed E-state index contributed by atoms with van der Waals surface area (Å²) >= 11 is 5.86. The molecule has 110 valence electrons. The minimum Gasteiger partial charge on any atom is -0.352 e. The molecule has 0 aliphatic carbocycles. The molecule has 0 heterocycles. The van der Waals surface area contributed by atoms with Gasteiger partial charge in [0, 0.05) is 11.1 Å². The maximum Gasteiger partial charge on any atom is 0.254 e. The van der Waals surface area contributed by atoms with Crippen LogP contribution in [-0.4, -0.2) is 23.9 Å². The molecule has 0 aliphatic rings. The molecule has 1 unspecified atom stereocenters. The van der Waals surface area contributed by atoms with Crippen molar-refractivity contribution in [3.63, 3.8) is 0 Å². The predicted octanol–water partition coefficient (Wildman–Crippen LogP) is 1.27. The van der Waals surface area contributed by atoms with Gasteiger partial charge >= 0.3 is 0 Å². The Morgan fingerprint density at radius 3 is 2.40 bits per heavy atom. The van der Waals surface area contributed by atoms with Crippen molar-refractivity contribution in [1.82, 2.24) is 10.6 Å². The lowest BCUT2D eigenvalue weighted by Gasteiger charge is -2.17. The van der Waals surface area contributed by atoms with E-state index >= 15 is 0 Å². The second-order valence-corrected chi connectivity index (χ2v) is 5.13. The molecule has 7 heteroatoms. The van der Waals surface area contributed by atoms with E-state index in [0.29, 0.717) is 10.7 Å². The molecule has 1 aromatic carbocycles. The summed E-state index contributed by atoms with van der Waals surface area (Å²) in [4.78, 5) is 23.9. The fourth-order valence-corrected chi connectivity index (χ4v) is 1.75. The van der Waals surface area contributed by atoms with Crippen LogP contribution in [0.1, 0.15) is 31.1 Å². The third-order valence-electron chi connectivity index (χ3n) is 2.55. The Kier molecular flexibility index (Phi) is 5.79. The summed E-state index contributed by atoms with van der Waals surface area (Å²) in [5, 5.41) is 5.73. The first kappa shape index (κ1) is 16.3. The number of halogens is 1. The molecule has 20 heavy (non-hydrogen) atoms. The number of hydrazine groups is 1. The molecule has 1 rings (SSSR count). The summed E-state index contributed by atoms with van der Waals surface area (Å²) < 4.78 is 0. The highest BCUT2D eigenvalue weighted by molar-refractivity contribution is 6.31. The second kappa shape index (κ2) is 7.12. The number of benzene rings is 1. The van der Waals surface area contributed by atoms with E-state index in [1.54, 1.807) is 19.1 Å². The van der Waals surface area contributed by atoms with E-state index in [-0.39, 0.29) is 17.5 Å². The summed E-state index contributed by atoms with van der Waals surface area (Å²) in [5.41, 5.74) is 3.13. The van der Waals surface area contributed by atoms with Gasteiger partial charge in [-0.05, 0) is 39.0 Å². The first-order valence-electron chi connectivity index (χ1n) is 6.22. The van der Waals surface area contributed by atoms with E-state index in [0.717, 1.165) is 0 Å². The first-order chi connectivity index (χ1) is 9.35. The first-order valence-corrected chi connectivity index (χ1v) is 6.60. The van der Waals surface area contributed by atoms with E-state index in [2.05, 4.69) is 16.1 Å². The average Bonchev–Trinajstić information content (AvgIpc) is 2.37. The smallest absolute Gasteiger partial charge is 0.254 e. The Morgan fingerprint density at radius 2 is 1.85 bits per heavy atom. The van der Waals surface area contributed by atoms with Gasteiger partial charge in [-0.25, -0.2) is 0 Å². The molecule has 0 fully saturated rings. The van der Waals surface area contributed by atoms with Gasteiger partial charge in [-0.1, -0.05) is 11.6 Å². The number of rotatable bonds is 5. The van der Waals surface area contributed by atoms with Crippen LogP contribution in [-0.2, 0) is 4.79 Å². The lowest BCUT2D eigenvalue weighted by molar-refractivity contribution is -0.123. The minimum atomic E-state index is -0.658. The standard InChI is InChI=1S/C13H19ClN4O2/c1-7(2)16-12(19)8(3)17-13(20)10-6-9(14)4-5-11(10)18-15/h4-8,18H,15H2,1-3H3,(H,16,19)(H,17,20). The molecule has 0 spiro atoms. The van der Waals surface area contributed by atoms with E-state index in [4.69, 9.17) is 17.4 Å². The Bertz CT molecular complexity index is 505. The van der Waals surface area contributed by atoms with Crippen LogP contribution in [0.4, 0.5) is 5.69 Å². The molecule has 0 aliphatic heterocycles. The third kappa shape index (κ3) is 4.40. The maximum atomic E-state index is 12.1. The topological polar surface area (TPSA) is 96.2 Å². The monoisotopic (exact) mass is 298 g/mol. The van der Waals surface area contributed by atoms with E-state index < -0.39 is 11.9 Å². The van der Waals surface area contributed by atoms with Crippen LogP contribution in [0.25, 0.3) is 0 Å². The van der Waals surface area contributed by atoms with Crippen LogP contribution >= 0.6 is 11.6 Å². The highest BCUT2D eigenvalue weighted by Crippen LogP contribution is 2.19. The lowest BCUT2D eigenvalue weighted by Crippen LogP contribution is -2.46. The predicted molar refractivity (Wildman–Crippen MR) is 79.5 cm³/mol. The van der Waals surface area contributed by atoms with Crippen molar-refractivity contribution in [2.75, 3.05) is 5.43 Å². The Hall–Kier alpha value is -1.79. The quantitative estimate of drug-likeness (QED) is 0.486. The number of amides is 2. The molecule has 1 aromatic rings. The van der Waals surface area contributed by atoms with Crippen molar-refractivity contribution in [3.8, 4) is 0 Å². The van der Waals surface area contributed by atoms with Gasteiger partial charge in [0.2, 0.25) is 5.91 Å². The van der Waals surface area contributed by atoms with Crippen molar-refractivity contribution in [2.24, 2.45) is 5.84 Å². The number of hydrogen-bond acceptors (Lipinski definition) is 4. The molecule has 0 saturated carbocycles. The number of nitrogen functional groups attached to an aromatic ring is 1. The van der Waals surface area contributed by atoms with Crippen LogP contribution < -0.4 is 21.9 Å². The number of nitrogens with one attached hydrogen (secondary N) is 3. The summed E-state index contributed by atoms with van der Waals surface area (Å²) in [6, 6.07) is 4.04. The molecule has 0 saturated heterocycles. The van der Waals surface area contributed by atoms with Crippen LogP contribution in [0, 0.1) is 0 Å². The van der Waals surface area contributed by atoms with Crippen molar-refractivity contribution >= 4 is 29.1 Å². The summed E-state index contributed by atoms with van der Waals surface area (Å²) in [6.07, 6.45) is 0. The maximum absolute atomic E-state index is 12.1. The van der Waals surface area contributed by atoms with Gasteiger partial charge in [-0.3, -0.25) is 15.4 Å². The summed E-state index contributed by atoms with van der Waals surface area (Å²) in [6.45, 7) is 5.30. The molecular weight excluding hydrogens is 280 g/mol. The van der Waals surface area contributed by atoms with Crippen molar-refractivity contribution in [3.05, 3.63) is 28.8 Å². The Morgan fingerprint density at radius 1 is 1.20 bits per heavy atom. The number of anilines is 1. The molecule has 0 bridgehead atoms. The molecular formula is C13H19ClN4O2. The largest absolute Gasteiger partial charge is 0.352 e. The summed E-state index contributed by atoms with van der Waals surface area (Å²) in [7, 11) is 0. The normalized spacial score (nSPS) is 11.9. The zero-order chi connectivity index (χ0) is 15.3. The van der Waals surface area contributed by atoms with Crippen LogP contribution in [0.5, 0.6) is 0 Å². The fourth-order valence-electron chi connectivity index (χ4n) is 1.58. The van der Waals surface area contributed by atoms with Crippen LogP contribution in [0.15, 0.2) is 18.2 Å². The molecule has 5 N–H and O–H groups in total. The van der Waals surface area contributed by atoms with Crippen LogP contribution in [0.3, 0.4) is 0 Å². The lowest BCUT2D eigenvalue weighted by atomic mass is 10.1. The molecule has 0 radical (unpaired) electrons. The SMILES string of the molecule is CC(C)NC(=O)C(C)NC(=O)c1cc(Cl)ccc1NN. The summed E-state index contributed by atoms with van der Waals surface area (Å²) in [5.74, 6) is 4.67. The van der Waals surface area contributed by atoms with E-state index in [1.165, 1.54) is 6.07 Å². The van der Waals surface area contributed by atoms with E-state index in [1.807, 2.05) is 13.8 Å². The van der Waals surface area contributed by atoms with Gasteiger partial charge in [0.05, 0.1) is 11.3 Å². The number of carbonyl (C=O) groups excluding carboxylic acids is 2. The van der Waals surface area contributed by atoms with Crippen molar-refractivity contribution < 1.29 is 9.59 Å². The number of nitrogens with two attached hydrogens (primary N) is 1. The van der Waals surface area contributed by atoms with Gasteiger partial charge in [0.1, 0.15) is 6.04 Å². The van der Waals surface area contributed by atoms with E-state index in [9.17, 15) is 9.59 Å². The van der Waals surface area contributed by atoms with Gasteiger partial charge in [-0.2, -0.15) is 0 Å². The van der Waals surface area contributed by atoms with Gasteiger partial charge in [-0.15, -0.1) is 0 Å². The van der Waals surface area contributed by atoms with Crippen LogP contribution in [0.2, 0.25) is 5.02 Å². The Labute approximate surface area is 123 Å². The highest BCUT2D eigenvalue weighted by atomic mass is 35.5. The second-order valence-electron chi connectivity index (χ2n) is 4.69. The number of carbonyl (C=O) groups is 2. The number of hydrogen-bond donors (Lipinski definition) is 4. The van der Waals surface area contributed by atoms with Gasteiger partial charge in [0.15, 0.2) is 0 Å². The molecule has 2 amide bonds. The van der Waals surface area contributed by atoms with Gasteiger partial charge in [0.25, 0.3) is 5.91 Å². The molecule has 0 aromatic heterocycles. The van der Waals surface area contributed by atoms with Gasteiger partial charge < -0.3 is 16.1 Å². The van der Waals surface area contributed by atoms with Crippen molar-refractivity contribution in [1.29, 1.82) is 0 Å². The third-order valence-corrected chi connectivity index (χ3v) is 2.79. The highest BCUT2D eigenvalue weighted by Gasteiger charge is 2.19.